The van der Waals surface area contributed by atoms with Crippen LogP contribution in [0.15, 0.2) is 55.1 Å². The summed E-state index contributed by atoms with van der Waals surface area (Å²) in [6, 6.07) is 13.8. The molecular formula is C19H20ClN5O. The van der Waals surface area contributed by atoms with Gasteiger partial charge in [-0.2, -0.15) is 0 Å². The average Bonchev–Trinajstić information content (AvgIpc) is 3.08. The van der Waals surface area contributed by atoms with Crippen LogP contribution in [0.25, 0.3) is 0 Å². The van der Waals surface area contributed by atoms with E-state index in [1.165, 1.54) is 5.56 Å². The predicted octanol–water partition coefficient (Wildman–Crippen LogP) is 4.01. The second-order valence-electron chi connectivity index (χ2n) is 5.85. The van der Waals surface area contributed by atoms with Gasteiger partial charge in [-0.3, -0.25) is 0 Å². The molecule has 0 saturated carbocycles. The van der Waals surface area contributed by atoms with E-state index in [2.05, 4.69) is 58.6 Å². The van der Waals surface area contributed by atoms with E-state index in [-0.39, 0.29) is 0 Å². The van der Waals surface area contributed by atoms with Crippen LogP contribution >= 0.6 is 11.6 Å². The molecule has 1 N–H and O–H groups in total. The molecule has 0 unspecified atom stereocenters. The standard InChI is InChI=1S/C19H20ClN5O/c1-3-10-25-19(22-23-24-25)21-12-16-11-17(20)8-9-18(16)26-13-15-6-4-14(2)5-7-15/h3-9,11H,1,10,12-13H2,2H3,(H,21,22,24). The van der Waals surface area contributed by atoms with Crippen LogP contribution in [-0.4, -0.2) is 20.2 Å². The molecule has 0 amide bonds. The minimum atomic E-state index is 0.487. The zero-order valence-corrected chi connectivity index (χ0v) is 15.3. The Morgan fingerprint density at radius 2 is 2.04 bits per heavy atom. The normalized spacial score (nSPS) is 10.5. The number of benzene rings is 2. The van der Waals surface area contributed by atoms with Gasteiger partial charge >= 0.3 is 0 Å². The number of anilines is 1. The zero-order chi connectivity index (χ0) is 18.4. The number of nitrogens with zero attached hydrogens (tertiary/aromatic N) is 4. The molecule has 7 heteroatoms. The highest BCUT2D eigenvalue weighted by molar-refractivity contribution is 6.30. The number of halogens is 1. The summed E-state index contributed by atoms with van der Waals surface area (Å²) in [5, 5.41) is 15.4. The number of tetrazole rings is 1. The van der Waals surface area contributed by atoms with Crippen molar-refractivity contribution >= 4 is 17.5 Å². The molecule has 0 spiro atoms. The van der Waals surface area contributed by atoms with Crippen LogP contribution in [-0.2, 0) is 19.7 Å². The SMILES string of the molecule is C=CCn1nnnc1NCc1cc(Cl)ccc1OCc1ccc(C)cc1. The van der Waals surface area contributed by atoms with Gasteiger partial charge in [0.25, 0.3) is 0 Å². The molecule has 0 aliphatic rings. The minimum absolute atomic E-state index is 0.487. The molecule has 0 aliphatic carbocycles. The second-order valence-corrected chi connectivity index (χ2v) is 6.29. The van der Waals surface area contributed by atoms with Gasteiger partial charge in [-0.1, -0.05) is 52.6 Å². The molecule has 2 aromatic carbocycles. The summed E-state index contributed by atoms with van der Waals surface area (Å²) in [4.78, 5) is 0. The number of aromatic nitrogens is 4. The van der Waals surface area contributed by atoms with Gasteiger partial charge in [0, 0.05) is 17.1 Å². The van der Waals surface area contributed by atoms with Crippen LogP contribution in [0, 0.1) is 6.92 Å². The van der Waals surface area contributed by atoms with Gasteiger partial charge in [0.1, 0.15) is 12.4 Å². The van der Waals surface area contributed by atoms with Crippen molar-refractivity contribution < 1.29 is 4.74 Å². The third-order valence-corrected chi connectivity index (χ3v) is 4.04. The van der Waals surface area contributed by atoms with E-state index in [1.807, 2.05) is 18.2 Å². The number of allylic oxidation sites excluding steroid dienone is 1. The molecular weight excluding hydrogens is 350 g/mol. The van der Waals surface area contributed by atoms with E-state index in [0.717, 1.165) is 16.9 Å². The Morgan fingerprint density at radius 1 is 1.23 bits per heavy atom. The summed E-state index contributed by atoms with van der Waals surface area (Å²) in [6.45, 7) is 7.27. The van der Waals surface area contributed by atoms with Crippen LogP contribution in [0.4, 0.5) is 5.95 Å². The second kappa shape index (κ2) is 8.49. The first-order valence-electron chi connectivity index (χ1n) is 8.23. The summed E-state index contributed by atoms with van der Waals surface area (Å²) >= 11 is 6.15. The number of rotatable bonds is 8. The fourth-order valence-electron chi connectivity index (χ4n) is 2.42. The number of hydrogen-bond acceptors (Lipinski definition) is 5. The van der Waals surface area contributed by atoms with E-state index in [0.29, 0.717) is 30.7 Å². The predicted molar refractivity (Wildman–Crippen MR) is 102 cm³/mol. The van der Waals surface area contributed by atoms with Crippen LogP contribution in [0.2, 0.25) is 5.02 Å². The molecule has 3 rings (SSSR count). The van der Waals surface area contributed by atoms with Crippen molar-refractivity contribution in [1.29, 1.82) is 0 Å². The van der Waals surface area contributed by atoms with Crippen LogP contribution < -0.4 is 10.1 Å². The van der Waals surface area contributed by atoms with Gasteiger partial charge in [0.2, 0.25) is 5.95 Å². The number of aryl methyl sites for hydroxylation is 1. The highest BCUT2D eigenvalue weighted by Crippen LogP contribution is 2.24. The Bertz CT molecular complexity index is 876. The van der Waals surface area contributed by atoms with E-state index in [4.69, 9.17) is 16.3 Å². The summed E-state index contributed by atoms with van der Waals surface area (Å²) in [5.74, 6) is 1.33. The molecule has 134 valence electrons. The van der Waals surface area contributed by atoms with Crippen molar-refractivity contribution in [1.82, 2.24) is 20.2 Å². The lowest BCUT2D eigenvalue weighted by molar-refractivity contribution is 0.303. The molecule has 0 atom stereocenters. The molecule has 0 aliphatic heterocycles. The maximum atomic E-state index is 6.15. The van der Waals surface area contributed by atoms with Crippen LogP contribution in [0.3, 0.4) is 0 Å². The third-order valence-electron chi connectivity index (χ3n) is 3.81. The first-order chi connectivity index (χ1) is 12.7. The molecule has 0 saturated heterocycles. The fourth-order valence-corrected chi connectivity index (χ4v) is 2.62. The Kier molecular flexibility index (Phi) is 5.86. The zero-order valence-electron chi connectivity index (χ0n) is 14.5. The van der Waals surface area contributed by atoms with Crippen molar-refractivity contribution in [2.24, 2.45) is 0 Å². The Balaban J connectivity index is 1.70. The first-order valence-corrected chi connectivity index (χ1v) is 8.61. The van der Waals surface area contributed by atoms with Gasteiger partial charge in [-0.15, -0.1) is 6.58 Å². The van der Waals surface area contributed by atoms with Gasteiger partial charge in [0.05, 0.1) is 6.54 Å². The van der Waals surface area contributed by atoms with Crippen LogP contribution in [0.1, 0.15) is 16.7 Å². The molecule has 0 radical (unpaired) electrons. The maximum Gasteiger partial charge on any atom is 0.243 e. The lowest BCUT2D eigenvalue weighted by atomic mass is 10.1. The fraction of sp³-hybridized carbons (Fsp3) is 0.211. The largest absolute Gasteiger partial charge is 0.489 e. The Hall–Kier alpha value is -2.86. The average molecular weight is 370 g/mol. The van der Waals surface area contributed by atoms with Gasteiger partial charge in [-0.25, -0.2) is 4.68 Å². The van der Waals surface area contributed by atoms with Crippen molar-refractivity contribution in [3.63, 3.8) is 0 Å². The number of ether oxygens (including phenoxy) is 1. The molecule has 3 aromatic rings. The van der Waals surface area contributed by atoms with Gasteiger partial charge in [-0.05, 0) is 41.1 Å². The Morgan fingerprint density at radius 3 is 2.81 bits per heavy atom. The summed E-state index contributed by atoms with van der Waals surface area (Å²) in [7, 11) is 0. The van der Waals surface area contributed by atoms with E-state index in [9.17, 15) is 0 Å². The summed E-state index contributed by atoms with van der Waals surface area (Å²) < 4.78 is 7.62. The number of hydrogen-bond donors (Lipinski definition) is 1. The molecule has 0 fully saturated rings. The summed E-state index contributed by atoms with van der Waals surface area (Å²) in [5.41, 5.74) is 3.26. The Labute approximate surface area is 157 Å². The first kappa shape index (κ1) is 17.9. The molecule has 6 nitrogen and oxygen atoms in total. The van der Waals surface area contributed by atoms with Crippen LogP contribution in [0.5, 0.6) is 5.75 Å². The quantitative estimate of drug-likeness (QED) is 0.608. The highest BCUT2D eigenvalue weighted by Gasteiger charge is 2.09. The van der Waals surface area contributed by atoms with Gasteiger partial charge < -0.3 is 10.1 Å². The van der Waals surface area contributed by atoms with Crippen molar-refractivity contribution in [3.05, 3.63) is 76.8 Å². The van der Waals surface area contributed by atoms with E-state index < -0.39 is 0 Å². The topological polar surface area (TPSA) is 64.9 Å². The third kappa shape index (κ3) is 4.61. The number of nitrogens with one attached hydrogen (secondary N) is 1. The van der Waals surface area contributed by atoms with Gasteiger partial charge in [0.15, 0.2) is 0 Å². The molecule has 1 heterocycles. The summed E-state index contributed by atoms with van der Waals surface area (Å²) in [6.07, 6.45) is 1.73. The molecule has 26 heavy (non-hydrogen) atoms. The highest BCUT2D eigenvalue weighted by atomic mass is 35.5. The lowest BCUT2D eigenvalue weighted by Gasteiger charge is -2.13. The monoisotopic (exact) mass is 369 g/mol. The van der Waals surface area contributed by atoms with Crippen molar-refractivity contribution in [2.75, 3.05) is 5.32 Å². The smallest absolute Gasteiger partial charge is 0.243 e. The lowest BCUT2D eigenvalue weighted by Crippen LogP contribution is -2.09. The maximum absolute atomic E-state index is 6.15. The molecule has 1 aromatic heterocycles. The molecule has 0 bridgehead atoms. The van der Waals surface area contributed by atoms with E-state index >= 15 is 0 Å². The van der Waals surface area contributed by atoms with Crippen molar-refractivity contribution in [3.8, 4) is 5.75 Å². The van der Waals surface area contributed by atoms with Crippen molar-refractivity contribution in [2.45, 2.75) is 26.6 Å². The van der Waals surface area contributed by atoms with E-state index in [1.54, 1.807) is 10.8 Å². The minimum Gasteiger partial charge on any atom is -0.489 e.